The molecule has 0 fully saturated rings. The second-order valence-electron chi connectivity index (χ2n) is 3.65. The lowest BCUT2D eigenvalue weighted by atomic mass is 10.1. The zero-order valence-electron chi connectivity index (χ0n) is 9.33. The van der Waals surface area contributed by atoms with Crippen LogP contribution in [0.5, 0.6) is 0 Å². The molecule has 2 heteroatoms. The van der Waals surface area contributed by atoms with Gasteiger partial charge in [0.1, 0.15) is 0 Å². The summed E-state index contributed by atoms with van der Waals surface area (Å²) in [6.07, 6.45) is 8.03. The molecule has 2 N–H and O–H groups in total. The molecule has 1 aromatic carbocycles. The van der Waals surface area contributed by atoms with Gasteiger partial charge in [-0.05, 0) is 29.9 Å². The summed E-state index contributed by atoms with van der Waals surface area (Å²) in [6, 6.07) is 8.17. The molecule has 0 aromatic heterocycles. The molecule has 0 atom stereocenters. The predicted octanol–water partition coefficient (Wildman–Crippen LogP) is 1.56. The van der Waals surface area contributed by atoms with E-state index in [0.29, 0.717) is 0 Å². The van der Waals surface area contributed by atoms with Crippen LogP contribution in [0.2, 0.25) is 0 Å². The van der Waals surface area contributed by atoms with E-state index in [4.69, 9.17) is 0 Å². The molecule has 0 heterocycles. The van der Waals surface area contributed by atoms with Crippen LogP contribution < -0.4 is 10.3 Å². The van der Waals surface area contributed by atoms with Crippen molar-refractivity contribution in [3.8, 4) is 0 Å². The van der Waals surface area contributed by atoms with Gasteiger partial charge in [0, 0.05) is 37.0 Å². The maximum atomic E-state index is 3.86. The van der Waals surface area contributed by atoms with Gasteiger partial charge in [0.15, 0.2) is 0 Å². The molecule has 0 radical (unpaired) electrons. The summed E-state index contributed by atoms with van der Waals surface area (Å²) in [5.41, 5.74) is 4.29. The van der Waals surface area contributed by atoms with Gasteiger partial charge in [0.2, 0.25) is 11.4 Å². The molecule has 80 valence electrons. The van der Waals surface area contributed by atoms with Crippen LogP contribution in [0.25, 0.3) is 0 Å². The van der Waals surface area contributed by atoms with Gasteiger partial charge in [0.05, 0.1) is 0 Å². The molecule has 0 amide bonds. The third kappa shape index (κ3) is 2.48. The highest BCUT2D eigenvalue weighted by atomic mass is 14.8. The largest absolute Gasteiger partial charge is 0.388 e. The molecular weight excluding hydrogens is 196 g/mol. The van der Waals surface area contributed by atoms with Gasteiger partial charge in [0.25, 0.3) is 0 Å². The Bertz CT molecular complexity index is 458. The lowest BCUT2D eigenvalue weighted by molar-refractivity contribution is -0.351. The van der Waals surface area contributed by atoms with E-state index in [1.165, 1.54) is 0 Å². The number of nitrogens with one attached hydrogen (secondary N) is 2. The van der Waals surface area contributed by atoms with Crippen LogP contribution in [0.3, 0.4) is 0 Å². The molecule has 0 saturated carbocycles. The number of anilines is 1. The third-order valence-electron chi connectivity index (χ3n) is 2.42. The van der Waals surface area contributed by atoms with E-state index in [0.717, 1.165) is 22.7 Å². The Morgan fingerprint density at radius 2 is 1.62 bits per heavy atom. The van der Waals surface area contributed by atoms with Crippen molar-refractivity contribution in [2.45, 2.75) is 0 Å². The fourth-order valence-corrected chi connectivity index (χ4v) is 1.47. The third-order valence-corrected chi connectivity index (χ3v) is 2.42. The lowest BCUT2D eigenvalue weighted by Crippen LogP contribution is -2.65. The molecule has 0 aliphatic heterocycles. The second-order valence-corrected chi connectivity index (χ2v) is 3.65. The van der Waals surface area contributed by atoms with Gasteiger partial charge in [-0.3, -0.25) is 0 Å². The Kier molecular flexibility index (Phi) is 3.01. The number of allylic oxidation sites excluding steroid dienone is 5. The van der Waals surface area contributed by atoms with Crippen molar-refractivity contribution < 1.29 is 4.99 Å². The predicted molar refractivity (Wildman–Crippen MR) is 69.0 cm³/mol. The summed E-state index contributed by atoms with van der Waals surface area (Å²) in [6.45, 7) is 3.86. The molecule has 2 nitrogen and oxygen atoms in total. The van der Waals surface area contributed by atoms with E-state index in [2.05, 4.69) is 16.9 Å². The maximum absolute atomic E-state index is 3.86. The SMILES string of the molecule is C=C1C=CC(=[NH+]c2ccc(NC)cc2)C=C1. The molecule has 0 saturated heterocycles. The number of benzene rings is 1. The fraction of sp³-hybridized carbons (Fsp3) is 0.0714. The smallest absolute Gasteiger partial charge is 0.204 e. The average molecular weight is 211 g/mol. The summed E-state index contributed by atoms with van der Waals surface area (Å²) in [7, 11) is 1.91. The highest BCUT2D eigenvalue weighted by molar-refractivity contribution is 6.02. The maximum Gasteiger partial charge on any atom is 0.204 e. The Hall–Kier alpha value is -2.09. The topological polar surface area (TPSA) is 26.0 Å². The zero-order valence-corrected chi connectivity index (χ0v) is 9.33. The van der Waals surface area contributed by atoms with E-state index in [1.807, 2.05) is 55.6 Å². The summed E-state index contributed by atoms with van der Waals surface area (Å²) >= 11 is 0. The van der Waals surface area contributed by atoms with Crippen LogP contribution in [-0.4, -0.2) is 12.8 Å². The summed E-state index contributed by atoms with van der Waals surface area (Å²) in [5.74, 6) is 0. The summed E-state index contributed by atoms with van der Waals surface area (Å²) in [4.78, 5) is 3.33. The van der Waals surface area contributed by atoms with Gasteiger partial charge < -0.3 is 5.32 Å². The van der Waals surface area contributed by atoms with Crippen molar-refractivity contribution in [3.63, 3.8) is 0 Å². The Labute approximate surface area is 95.7 Å². The van der Waals surface area contributed by atoms with Gasteiger partial charge in [-0.2, -0.15) is 0 Å². The van der Waals surface area contributed by atoms with Crippen molar-refractivity contribution in [3.05, 3.63) is 60.7 Å². The number of rotatable bonds is 2. The van der Waals surface area contributed by atoms with E-state index >= 15 is 0 Å². The molecule has 1 aliphatic carbocycles. The minimum Gasteiger partial charge on any atom is -0.388 e. The first-order chi connectivity index (χ1) is 7.78. The Balaban J connectivity index is 2.20. The highest BCUT2D eigenvalue weighted by Crippen LogP contribution is 2.08. The molecule has 0 spiro atoms. The fourth-order valence-electron chi connectivity index (χ4n) is 1.47. The van der Waals surface area contributed by atoms with Crippen LogP contribution in [0, 0.1) is 0 Å². The van der Waals surface area contributed by atoms with Crippen LogP contribution in [0.4, 0.5) is 11.4 Å². The molecule has 1 aromatic rings. The standard InChI is InChI=1S/C14H14N2/c1-11-3-5-13(6-4-11)16-14-9-7-12(15-2)8-10-14/h3-10,15H,1H2,2H3/p+1. The average Bonchev–Trinajstić information content (AvgIpc) is 2.33. The molecule has 16 heavy (non-hydrogen) atoms. The molecule has 0 bridgehead atoms. The summed E-state index contributed by atoms with van der Waals surface area (Å²) in [5, 5.41) is 3.09. The van der Waals surface area contributed by atoms with E-state index in [-0.39, 0.29) is 0 Å². The van der Waals surface area contributed by atoms with Gasteiger partial charge >= 0.3 is 0 Å². The van der Waals surface area contributed by atoms with Gasteiger partial charge in [-0.25, -0.2) is 4.99 Å². The summed E-state index contributed by atoms with van der Waals surface area (Å²) < 4.78 is 0. The second kappa shape index (κ2) is 4.62. The van der Waals surface area contributed by atoms with Crippen molar-refractivity contribution in [2.24, 2.45) is 0 Å². The monoisotopic (exact) mass is 211 g/mol. The van der Waals surface area contributed by atoms with Crippen LogP contribution in [0.1, 0.15) is 0 Å². The van der Waals surface area contributed by atoms with E-state index in [1.54, 1.807) is 0 Å². The minimum absolute atomic E-state index is 1.02. The Morgan fingerprint density at radius 1 is 1.00 bits per heavy atom. The van der Waals surface area contributed by atoms with Crippen molar-refractivity contribution >= 4 is 17.1 Å². The number of hydrogen-bond donors (Lipinski definition) is 2. The van der Waals surface area contributed by atoms with Crippen molar-refractivity contribution in [2.75, 3.05) is 12.4 Å². The zero-order chi connectivity index (χ0) is 11.4. The first kappa shape index (κ1) is 10.4. The first-order valence-corrected chi connectivity index (χ1v) is 5.25. The van der Waals surface area contributed by atoms with Crippen molar-refractivity contribution in [1.82, 2.24) is 0 Å². The van der Waals surface area contributed by atoms with E-state index < -0.39 is 0 Å². The van der Waals surface area contributed by atoms with Crippen LogP contribution in [0.15, 0.2) is 60.7 Å². The normalized spacial score (nSPS) is 14.1. The van der Waals surface area contributed by atoms with Gasteiger partial charge in [-0.15, -0.1) is 0 Å². The van der Waals surface area contributed by atoms with Crippen LogP contribution >= 0.6 is 0 Å². The molecular formula is C14H15N2+. The minimum atomic E-state index is 1.02. The molecule has 2 rings (SSSR count). The number of hydrogen-bond acceptors (Lipinski definition) is 1. The van der Waals surface area contributed by atoms with Gasteiger partial charge in [-0.1, -0.05) is 6.58 Å². The first-order valence-electron chi connectivity index (χ1n) is 5.25. The van der Waals surface area contributed by atoms with Crippen molar-refractivity contribution in [1.29, 1.82) is 0 Å². The van der Waals surface area contributed by atoms with Crippen LogP contribution in [-0.2, 0) is 0 Å². The van der Waals surface area contributed by atoms with E-state index in [9.17, 15) is 0 Å². The lowest BCUT2D eigenvalue weighted by Gasteiger charge is -1.98. The molecule has 0 unspecified atom stereocenters. The Morgan fingerprint density at radius 3 is 2.19 bits per heavy atom. The quantitative estimate of drug-likeness (QED) is 0.763. The molecule has 1 aliphatic rings. The highest BCUT2D eigenvalue weighted by Gasteiger charge is 2.03.